The lowest BCUT2D eigenvalue weighted by molar-refractivity contribution is -0.116. The van der Waals surface area contributed by atoms with Gasteiger partial charge in [-0.25, -0.2) is 8.42 Å². The summed E-state index contributed by atoms with van der Waals surface area (Å²) in [5.74, 6) is -0.777. The van der Waals surface area contributed by atoms with Crippen LogP contribution in [0, 0.1) is 0 Å². The Kier molecular flexibility index (Phi) is 7.46. The van der Waals surface area contributed by atoms with Gasteiger partial charge in [-0.05, 0) is 18.2 Å². The van der Waals surface area contributed by atoms with Crippen molar-refractivity contribution in [2.24, 2.45) is 0 Å². The van der Waals surface area contributed by atoms with Crippen LogP contribution in [0.2, 0.25) is 0 Å². The molecule has 0 aliphatic carbocycles. The molecule has 0 atom stereocenters. The highest BCUT2D eigenvalue weighted by atomic mass is 32.2. The second kappa shape index (κ2) is 9.61. The first-order chi connectivity index (χ1) is 13.7. The number of sulfonamides is 1. The quantitative estimate of drug-likeness (QED) is 0.659. The van der Waals surface area contributed by atoms with Crippen LogP contribution in [0.4, 0.5) is 14.5 Å². The Balaban J connectivity index is 2.20. The molecule has 8 nitrogen and oxygen atoms in total. The first-order valence-electron chi connectivity index (χ1n) is 8.72. The Bertz CT molecular complexity index is 1020. The molecule has 2 rings (SSSR count). The highest BCUT2D eigenvalue weighted by Gasteiger charge is 2.22. The number of nitrogens with one attached hydrogen (secondary N) is 1. The van der Waals surface area contributed by atoms with Crippen LogP contribution in [0.5, 0.6) is 5.75 Å². The second-order valence-corrected chi connectivity index (χ2v) is 7.81. The second-order valence-electron chi connectivity index (χ2n) is 5.87. The standard InChI is InChI=1S/C18H21F2N3O5S/c1-3-23(4-2)29(26,27)15-8-9-17(25)22(11-15)12-16(24)21-13-6-5-7-14(10-13)28-18(19)20/h5-11,18H,3-4,12H2,1-2H3,(H,21,24). The Morgan fingerprint density at radius 1 is 1.21 bits per heavy atom. The van der Waals surface area contributed by atoms with Crippen molar-refractivity contribution in [1.82, 2.24) is 8.87 Å². The largest absolute Gasteiger partial charge is 0.435 e. The van der Waals surface area contributed by atoms with Gasteiger partial charge in [-0.2, -0.15) is 13.1 Å². The molecular formula is C18H21F2N3O5S. The van der Waals surface area contributed by atoms with Crippen LogP contribution in [0.25, 0.3) is 0 Å². The number of alkyl halides is 2. The summed E-state index contributed by atoms with van der Waals surface area (Å²) in [6.07, 6.45) is 1.10. The number of pyridine rings is 1. The molecule has 1 aromatic heterocycles. The van der Waals surface area contributed by atoms with Crippen LogP contribution in [-0.2, 0) is 21.4 Å². The number of hydrogen-bond acceptors (Lipinski definition) is 5. The average molecular weight is 429 g/mol. The average Bonchev–Trinajstić information content (AvgIpc) is 2.63. The maximum absolute atomic E-state index is 12.6. The molecule has 0 spiro atoms. The minimum absolute atomic E-state index is 0.110. The number of carbonyl (C=O) groups excluding carboxylic acids is 1. The molecule has 0 fully saturated rings. The zero-order chi connectivity index (χ0) is 21.6. The number of halogens is 2. The van der Waals surface area contributed by atoms with Crippen molar-refractivity contribution in [3.8, 4) is 5.75 Å². The number of anilines is 1. The normalized spacial score (nSPS) is 11.7. The fourth-order valence-corrected chi connectivity index (χ4v) is 4.08. The topological polar surface area (TPSA) is 97.7 Å². The van der Waals surface area contributed by atoms with Crippen molar-refractivity contribution in [3.05, 3.63) is 52.9 Å². The molecular weight excluding hydrogens is 408 g/mol. The van der Waals surface area contributed by atoms with Gasteiger partial charge in [0.2, 0.25) is 15.9 Å². The molecule has 0 saturated carbocycles. The molecule has 0 aliphatic heterocycles. The Labute approximate surface area is 166 Å². The smallest absolute Gasteiger partial charge is 0.387 e. The molecule has 1 amide bonds. The van der Waals surface area contributed by atoms with Gasteiger partial charge in [-0.15, -0.1) is 0 Å². The molecule has 0 bridgehead atoms. The van der Waals surface area contributed by atoms with Gasteiger partial charge in [0.05, 0.1) is 4.90 Å². The fourth-order valence-electron chi connectivity index (χ4n) is 2.60. The van der Waals surface area contributed by atoms with Crippen molar-refractivity contribution in [2.45, 2.75) is 31.9 Å². The lowest BCUT2D eigenvalue weighted by Gasteiger charge is -2.19. The van der Waals surface area contributed by atoms with Crippen molar-refractivity contribution < 1.29 is 26.7 Å². The molecule has 2 aromatic rings. The zero-order valence-electron chi connectivity index (χ0n) is 15.8. The van der Waals surface area contributed by atoms with E-state index >= 15 is 0 Å². The van der Waals surface area contributed by atoms with Crippen LogP contribution in [0.3, 0.4) is 0 Å². The minimum Gasteiger partial charge on any atom is -0.435 e. The summed E-state index contributed by atoms with van der Waals surface area (Å²) >= 11 is 0. The van der Waals surface area contributed by atoms with Gasteiger partial charge < -0.3 is 14.6 Å². The number of carbonyl (C=O) groups is 1. The molecule has 0 aliphatic rings. The molecule has 158 valence electrons. The lowest BCUT2D eigenvalue weighted by Crippen LogP contribution is -2.33. The molecule has 0 unspecified atom stereocenters. The highest BCUT2D eigenvalue weighted by Crippen LogP contribution is 2.19. The van der Waals surface area contributed by atoms with Crippen molar-refractivity contribution >= 4 is 21.6 Å². The summed E-state index contributed by atoms with van der Waals surface area (Å²) in [7, 11) is -3.80. The van der Waals surface area contributed by atoms with E-state index in [1.54, 1.807) is 13.8 Å². The molecule has 1 aromatic carbocycles. The van der Waals surface area contributed by atoms with Gasteiger partial charge in [-0.3, -0.25) is 9.59 Å². The van der Waals surface area contributed by atoms with Gasteiger partial charge in [0.25, 0.3) is 5.56 Å². The Hall–Kier alpha value is -2.79. The fraction of sp³-hybridized carbons (Fsp3) is 0.333. The Morgan fingerprint density at radius 2 is 1.90 bits per heavy atom. The van der Waals surface area contributed by atoms with Gasteiger partial charge >= 0.3 is 6.61 Å². The van der Waals surface area contributed by atoms with E-state index in [1.165, 1.54) is 34.6 Å². The summed E-state index contributed by atoms with van der Waals surface area (Å²) in [4.78, 5) is 24.2. The van der Waals surface area contributed by atoms with E-state index in [1.807, 2.05) is 0 Å². The summed E-state index contributed by atoms with van der Waals surface area (Å²) in [6, 6.07) is 7.63. The molecule has 29 heavy (non-hydrogen) atoms. The predicted octanol–water partition coefficient (Wildman–Crippen LogP) is 2.12. The number of aromatic nitrogens is 1. The van der Waals surface area contributed by atoms with E-state index in [4.69, 9.17) is 0 Å². The van der Waals surface area contributed by atoms with Crippen LogP contribution < -0.4 is 15.6 Å². The van der Waals surface area contributed by atoms with E-state index < -0.39 is 34.6 Å². The van der Waals surface area contributed by atoms with Crippen molar-refractivity contribution in [2.75, 3.05) is 18.4 Å². The van der Waals surface area contributed by atoms with E-state index in [-0.39, 0.29) is 29.4 Å². The number of rotatable bonds is 9. The number of amides is 1. The number of ether oxygens (including phenoxy) is 1. The van der Waals surface area contributed by atoms with Crippen LogP contribution in [-0.4, -0.2) is 42.9 Å². The molecule has 0 saturated heterocycles. The predicted molar refractivity (Wildman–Crippen MR) is 103 cm³/mol. The summed E-state index contributed by atoms with van der Waals surface area (Å²) in [5, 5.41) is 2.45. The van der Waals surface area contributed by atoms with E-state index in [9.17, 15) is 26.8 Å². The summed E-state index contributed by atoms with van der Waals surface area (Å²) in [6.45, 7) is 0.438. The molecule has 1 heterocycles. The molecule has 11 heteroatoms. The number of nitrogens with zero attached hydrogens (tertiary/aromatic N) is 2. The summed E-state index contributed by atoms with van der Waals surface area (Å²) < 4.78 is 56.2. The van der Waals surface area contributed by atoms with Gasteiger partial charge in [0.1, 0.15) is 12.3 Å². The van der Waals surface area contributed by atoms with Gasteiger partial charge in [-0.1, -0.05) is 19.9 Å². The van der Waals surface area contributed by atoms with Gasteiger partial charge in [0, 0.05) is 37.1 Å². The third kappa shape index (κ3) is 5.84. The zero-order valence-corrected chi connectivity index (χ0v) is 16.7. The van der Waals surface area contributed by atoms with Crippen LogP contribution >= 0.6 is 0 Å². The van der Waals surface area contributed by atoms with Crippen LogP contribution in [0.1, 0.15) is 13.8 Å². The van der Waals surface area contributed by atoms with Crippen molar-refractivity contribution in [3.63, 3.8) is 0 Å². The third-order valence-corrected chi connectivity index (χ3v) is 5.99. The maximum atomic E-state index is 12.6. The van der Waals surface area contributed by atoms with Gasteiger partial charge in [0.15, 0.2) is 0 Å². The minimum atomic E-state index is -3.80. The highest BCUT2D eigenvalue weighted by molar-refractivity contribution is 7.89. The lowest BCUT2D eigenvalue weighted by atomic mass is 10.3. The van der Waals surface area contributed by atoms with E-state index in [0.29, 0.717) is 0 Å². The maximum Gasteiger partial charge on any atom is 0.387 e. The SMILES string of the molecule is CCN(CC)S(=O)(=O)c1ccc(=O)n(CC(=O)Nc2cccc(OC(F)F)c2)c1. The third-order valence-electron chi connectivity index (χ3n) is 3.96. The van der Waals surface area contributed by atoms with E-state index in [0.717, 1.165) is 16.8 Å². The number of benzene rings is 1. The number of hydrogen-bond donors (Lipinski definition) is 1. The van der Waals surface area contributed by atoms with Crippen molar-refractivity contribution in [1.29, 1.82) is 0 Å². The van der Waals surface area contributed by atoms with Crippen LogP contribution in [0.15, 0.2) is 52.3 Å². The Morgan fingerprint density at radius 3 is 2.52 bits per heavy atom. The molecule has 0 radical (unpaired) electrons. The molecule has 1 N–H and O–H groups in total. The monoisotopic (exact) mass is 429 g/mol. The first-order valence-corrected chi connectivity index (χ1v) is 10.2. The first kappa shape index (κ1) is 22.5. The van der Waals surface area contributed by atoms with E-state index in [2.05, 4.69) is 10.1 Å². The summed E-state index contributed by atoms with van der Waals surface area (Å²) in [5.41, 5.74) is -0.374.